The van der Waals surface area contributed by atoms with Gasteiger partial charge in [-0.3, -0.25) is 14.5 Å². The van der Waals surface area contributed by atoms with E-state index < -0.39 is 6.10 Å². The van der Waals surface area contributed by atoms with Crippen molar-refractivity contribution >= 4 is 11.8 Å². The molecular formula is C27H34FN3O3. The van der Waals surface area contributed by atoms with E-state index in [0.717, 1.165) is 5.56 Å². The zero-order valence-electron chi connectivity index (χ0n) is 20.4. The fraction of sp³-hybridized carbons (Fsp3) is 0.407. The molecule has 1 N–H and O–H groups in total. The monoisotopic (exact) mass is 467 g/mol. The first-order chi connectivity index (χ1) is 16.2. The topological polar surface area (TPSA) is 61.9 Å². The summed E-state index contributed by atoms with van der Waals surface area (Å²) in [5, 5.41) is 2.87. The summed E-state index contributed by atoms with van der Waals surface area (Å²) in [7, 11) is 0. The number of nitrogens with one attached hydrogen (secondary N) is 1. The third kappa shape index (κ3) is 6.44. The number of rotatable bonds is 8. The molecule has 0 aromatic heterocycles. The van der Waals surface area contributed by atoms with Crippen molar-refractivity contribution in [3.8, 4) is 5.75 Å². The Labute approximate surface area is 201 Å². The van der Waals surface area contributed by atoms with Crippen molar-refractivity contribution < 1.29 is 18.7 Å². The second-order valence-electron chi connectivity index (χ2n) is 9.11. The number of nitrogens with zero attached hydrogens (tertiary/aromatic N) is 2. The van der Waals surface area contributed by atoms with Gasteiger partial charge in [0.25, 0.3) is 5.91 Å². The molecule has 0 aliphatic carbocycles. The van der Waals surface area contributed by atoms with Gasteiger partial charge in [-0.25, -0.2) is 4.39 Å². The minimum Gasteiger partial charge on any atom is -0.484 e. The van der Waals surface area contributed by atoms with Gasteiger partial charge in [0.1, 0.15) is 17.7 Å². The maximum absolute atomic E-state index is 14.4. The van der Waals surface area contributed by atoms with Crippen LogP contribution < -0.4 is 10.1 Å². The Balaban J connectivity index is 1.77. The number of carbonyl (C=O) groups excluding carboxylic acids is 2. The minimum atomic E-state index is -0.417. The summed E-state index contributed by atoms with van der Waals surface area (Å²) in [5.41, 5.74) is 1.87. The summed E-state index contributed by atoms with van der Waals surface area (Å²) in [4.78, 5) is 28.3. The van der Waals surface area contributed by atoms with Crippen LogP contribution in [0.5, 0.6) is 5.75 Å². The number of benzene rings is 2. The molecule has 1 fully saturated rings. The molecule has 182 valence electrons. The molecule has 7 heteroatoms. The zero-order chi connectivity index (χ0) is 24.8. The molecule has 2 atom stereocenters. The van der Waals surface area contributed by atoms with Gasteiger partial charge < -0.3 is 15.0 Å². The second-order valence-corrected chi connectivity index (χ2v) is 9.11. The van der Waals surface area contributed by atoms with Crippen molar-refractivity contribution in [2.45, 2.75) is 45.9 Å². The molecule has 0 saturated carbocycles. The zero-order valence-corrected chi connectivity index (χ0v) is 20.4. The predicted molar refractivity (Wildman–Crippen MR) is 131 cm³/mol. The molecule has 1 aliphatic heterocycles. The van der Waals surface area contributed by atoms with E-state index >= 15 is 0 Å². The van der Waals surface area contributed by atoms with E-state index in [-0.39, 0.29) is 29.7 Å². The Morgan fingerprint density at radius 2 is 1.91 bits per heavy atom. The lowest BCUT2D eigenvalue weighted by molar-refractivity contribution is -0.130. The van der Waals surface area contributed by atoms with E-state index in [1.807, 2.05) is 31.7 Å². The Hall–Kier alpha value is -3.19. The molecule has 2 aromatic carbocycles. The van der Waals surface area contributed by atoms with E-state index in [9.17, 15) is 14.0 Å². The Bertz CT molecular complexity index is 1020. The minimum absolute atomic E-state index is 0.0356. The molecule has 1 saturated heterocycles. The maximum Gasteiger partial charge on any atom is 0.251 e. The van der Waals surface area contributed by atoms with Gasteiger partial charge in [0.05, 0.1) is 0 Å². The van der Waals surface area contributed by atoms with E-state index in [0.29, 0.717) is 43.1 Å². The van der Waals surface area contributed by atoms with Crippen LogP contribution in [0.1, 0.15) is 48.4 Å². The smallest absolute Gasteiger partial charge is 0.251 e. The maximum atomic E-state index is 14.4. The quantitative estimate of drug-likeness (QED) is 0.594. The van der Waals surface area contributed by atoms with Crippen LogP contribution in [-0.4, -0.2) is 59.9 Å². The molecule has 2 amide bonds. The van der Waals surface area contributed by atoms with Crippen LogP contribution in [-0.2, 0) is 4.79 Å². The van der Waals surface area contributed by atoms with Gasteiger partial charge in [-0.15, -0.1) is 0 Å². The molecule has 2 aromatic rings. The molecule has 0 unspecified atom stereocenters. The highest BCUT2D eigenvalue weighted by molar-refractivity contribution is 5.94. The predicted octanol–water partition coefficient (Wildman–Crippen LogP) is 4.11. The summed E-state index contributed by atoms with van der Waals surface area (Å²) in [6.07, 6.45) is 0.928. The number of aryl methyl sites for hydroxylation is 1. The molecule has 3 rings (SSSR count). The van der Waals surface area contributed by atoms with Crippen LogP contribution in [0.15, 0.2) is 55.1 Å². The first-order valence-electron chi connectivity index (χ1n) is 11.7. The first-order valence-corrected chi connectivity index (χ1v) is 11.7. The highest BCUT2D eigenvalue weighted by atomic mass is 19.1. The van der Waals surface area contributed by atoms with Crippen LogP contribution in [0.2, 0.25) is 0 Å². The number of hydrogen-bond acceptors (Lipinski definition) is 4. The molecular weight excluding hydrogens is 433 g/mol. The van der Waals surface area contributed by atoms with Crippen LogP contribution in [0, 0.1) is 12.7 Å². The molecule has 0 spiro atoms. The van der Waals surface area contributed by atoms with Crippen molar-refractivity contribution in [3.63, 3.8) is 0 Å². The van der Waals surface area contributed by atoms with Gasteiger partial charge >= 0.3 is 0 Å². The number of halogens is 1. The summed E-state index contributed by atoms with van der Waals surface area (Å²) in [5.74, 6) is 0.115. The van der Waals surface area contributed by atoms with Crippen LogP contribution >= 0.6 is 0 Å². The summed E-state index contributed by atoms with van der Waals surface area (Å²) in [6.45, 7) is 13.7. The van der Waals surface area contributed by atoms with Crippen LogP contribution in [0.25, 0.3) is 0 Å². The largest absolute Gasteiger partial charge is 0.484 e. The molecule has 34 heavy (non-hydrogen) atoms. The average Bonchev–Trinajstić information content (AvgIpc) is 2.80. The Morgan fingerprint density at radius 1 is 1.21 bits per heavy atom. The lowest BCUT2D eigenvalue weighted by Crippen LogP contribution is -2.54. The fourth-order valence-corrected chi connectivity index (χ4v) is 4.09. The average molecular weight is 468 g/mol. The van der Waals surface area contributed by atoms with Gasteiger partial charge in [-0.05, 0) is 75.2 Å². The summed E-state index contributed by atoms with van der Waals surface area (Å²) >= 11 is 0. The van der Waals surface area contributed by atoms with Gasteiger partial charge in [-0.2, -0.15) is 0 Å². The van der Waals surface area contributed by atoms with Crippen molar-refractivity contribution in [1.29, 1.82) is 0 Å². The van der Waals surface area contributed by atoms with E-state index in [4.69, 9.17) is 4.74 Å². The molecule has 6 nitrogen and oxygen atoms in total. The molecule has 0 bridgehead atoms. The third-order valence-electron chi connectivity index (χ3n) is 5.98. The summed E-state index contributed by atoms with van der Waals surface area (Å²) in [6, 6.07) is 12.2. The van der Waals surface area contributed by atoms with Crippen molar-refractivity contribution in [1.82, 2.24) is 15.1 Å². The summed E-state index contributed by atoms with van der Waals surface area (Å²) < 4.78 is 20.7. The van der Waals surface area contributed by atoms with E-state index in [1.54, 1.807) is 37.3 Å². The Morgan fingerprint density at radius 3 is 2.50 bits per heavy atom. The lowest BCUT2D eigenvalue weighted by atomic mass is 10.0. The SMILES string of the molecule is C=CC(=O)N1CCN(C[C@H](Oc2ccc(C(=O)NC(C)C)cc2)c2ccc(C)c(F)c2)C[C@H]1C. The number of hydrogen-bond donors (Lipinski definition) is 1. The first kappa shape index (κ1) is 25.4. The fourth-order valence-electron chi connectivity index (χ4n) is 4.09. The molecule has 1 heterocycles. The van der Waals surface area contributed by atoms with Gasteiger partial charge in [-0.1, -0.05) is 18.7 Å². The number of amides is 2. The second kappa shape index (κ2) is 11.3. The molecule has 1 aliphatic rings. The van der Waals surface area contributed by atoms with E-state index in [1.165, 1.54) is 12.1 Å². The Kier molecular flexibility index (Phi) is 8.45. The van der Waals surface area contributed by atoms with Gasteiger partial charge in [0.2, 0.25) is 5.91 Å². The number of ether oxygens (including phenoxy) is 1. The standard InChI is InChI=1S/C27H34FN3O3/c1-6-26(32)31-14-13-30(16-20(31)5)17-25(22-8-7-19(4)24(28)15-22)34-23-11-9-21(10-12-23)27(33)29-18(2)3/h6-12,15,18,20,25H,1,13-14,16-17H2,2-5H3,(H,29,33)/t20-,25+/m1/s1. The lowest BCUT2D eigenvalue weighted by Gasteiger charge is -2.40. The van der Waals surface area contributed by atoms with Crippen LogP contribution in [0.4, 0.5) is 4.39 Å². The number of piperazine rings is 1. The van der Waals surface area contributed by atoms with Crippen molar-refractivity contribution in [2.75, 3.05) is 26.2 Å². The normalized spacial score (nSPS) is 17.4. The highest BCUT2D eigenvalue weighted by Crippen LogP contribution is 2.26. The molecule has 0 radical (unpaired) electrons. The van der Waals surface area contributed by atoms with Gasteiger partial charge in [0, 0.05) is 43.8 Å². The number of carbonyl (C=O) groups is 2. The van der Waals surface area contributed by atoms with E-state index in [2.05, 4.69) is 16.8 Å². The van der Waals surface area contributed by atoms with Gasteiger partial charge in [0.15, 0.2) is 0 Å². The van der Waals surface area contributed by atoms with Crippen LogP contribution in [0.3, 0.4) is 0 Å². The highest BCUT2D eigenvalue weighted by Gasteiger charge is 2.28. The van der Waals surface area contributed by atoms with Crippen molar-refractivity contribution in [3.05, 3.63) is 77.6 Å². The van der Waals surface area contributed by atoms with Crippen molar-refractivity contribution in [2.24, 2.45) is 0 Å². The third-order valence-corrected chi connectivity index (χ3v) is 5.98.